The first kappa shape index (κ1) is 18.1. The summed E-state index contributed by atoms with van der Waals surface area (Å²) >= 11 is 0. The number of carbonyl (C=O) groups excluding carboxylic acids is 1. The molecule has 0 bridgehead atoms. The van der Waals surface area contributed by atoms with Crippen LogP contribution in [-0.4, -0.2) is 21.5 Å². The third-order valence-electron chi connectivity index (χ3n) is 4.55. The van der Waals surface area contributed by atoms with E-state index in [1.165, 1.54) is 5.56 Å². The van der Waals surface area contributed by atoms with Crippen LogP contribution in [0.4, 0.5) is 0 Å². The van der Waals surface area contributed by atoms with Gasteiger partial charge in [0, 0.05) is 13.1 Å². The van der Waals surface area contributed by atoms with Gasteiger partial charge in [-0.2, -0.15) is 0 Å². The smallest absolute Gasteiger partial charge is 0.237 e. The molecule has 0 fully saturated rings. The Kier molecular flexibility index (Phi) is 5.09. The molecule has 3 rings (SSSR count). The zero-order chi connectivity index (χ0) is 18.7. The van der Waals surface area contributed by atoms with Gasteiger partial charge < -0.3 is 15.6 Å². The lowest BCUT2D eigenvalue weighted by molar-refractivity contribution is -0.124. The molecule has 0 radical (unpaired) electrons. The molecular weight excluding hydrogens is 324 g/mol. The molecule has 5 nitrogen and oxygen atoms in total. The van der Waals surface area contributed by atoms with E-state index < -0.39 is 6.04 Å². The van der Waals surface area contributed by atoms with E-state index in [-0.39, 0.29) is 11.3 Å². The van der Waals surface area contributed by atoms with Gasteiger partial charge >= 0.3 is 0 Å². The number of rotatable bonds is 5. The van der Waals surface area contributed by atoms with E-state index >= 15 is 0 Å². The van der Waals surface area contributed by atoms with Crippen LogP contribution in [0.1, 0.15) is 31.9 Å². The average molecular weight is 350 g/mol. The number of para-hydroxylation sites is 2. The average Bonchev–Trinajstić information content (AvgIpc) is 3.02. The van der Waals surface area contributed by atoms with Crippen LogP contribution in [-0.2, 0) is 17.9 Å². The molecule has 0 unspecified atom stereocenters. The van der Waals surface area contributed by atoms with Gasteiger partial charge in [-0.15, -0.1) is 0 Å². The van der Waals surface area contributed by atoms with Gasteiger partial charge in [-0.3, -0.25) is 4.79 Å². The summed E-state index contributed by atoms with van der Waals surface area (Å²) in [5.74, 6) is -0.122. The van der Waals surface area contributed by atoms with Crippen molar-refractivity contribution < 1.29 is 4.79 Å². The number of nitrogens with one attached hydrogen (secondary N) is 1. The molecule has 3 aromatic rings. The molecular formula is C21H26N4O. The number of hydrogen-bond acceptors (Lipinski definition) is 3. The summed E-state index contributed by atoms with van der Waals surface area (Å²) in [6, 6.07) is 15.8. The standard InChI is InChI=1S/C21H26N4O/c1-21(2,3)19(22)20(26)23-12-15-7-6-8-16(11-15)13-25-14-24-17-9-4-5-10-18(17)25/h4-11,14,19H,12-13,22H2,1-3H3,(H,23,26)/t19-/m1/s1. The van der Waals surface area contributed by atoms with Gasteiger partial charge in [0.25, 0.3) is 0 Å². The third-order valence-corrected chi connectivity index (χ3v) is 4.55. The highest BCUT2D eigenvalue weighted by atomic mass is 16.2. The van der Waals surface area contributed by atoms with E-state index in [0.29, 0.717) is 6.54 Å². The first-order chi connectivity index (χ1) is 12.3. The van der Waals surface area contributed by atoms with Crippen LogP contribution in [0.3, 0.4) is 0 Å². The van der Waals surface area contributed by atoms with Gasteiger partial charge in [0.1, 0.15) is 0 Å². The lowest BCUT2D eigenvalue weighted by Crippen LogP contribution is -2.48. The molecule has 0 saturated carbocycles. The number of fused-ring (bicyclic) bond motifs is 1. The molecule has 1 heterocycles. The Morgan fingerprint density at radius 3 is 2.65 bits per heavy atom. The number of amides is 1. The van der Waals surface area contributed by atoms with Crippen LogP contribution >= 0.6 is 0 Å². The van der Waals surface area contributed by atoms with Crippen LogP contribution in [0, 0.1) is 5.41 Å². The van der Waals surface area contributed by atoms with E-state index in [4.69, 9.17) is 5.73 Å². The quantitative estimate of drug-likeness (QED) is 0.743. The summed E-state index contributed by atoms with van der Waals surface area (Å²) in [6.07, 6.45) is 1.86. The lowest BCUT2D eigenvalue weighted by Gasteiger charge is -2.25. The maximum Gasteiger partial charge on any atom is 0.237 e. The summed E-state index contributed by atoms with van der Waals surface area (Å²) < 4.78 is 2.13. The maximum absolute atomic E-state index is 12.2. The van der Waals surface area contributed by atoms with Crippen LogP contribution in [0.2, 0.25) is 0 Å². The molecule has 1 aromatic heterocycles. The number of nitrogens with zero attached hydrogens (tertiary/aromatic N) is 2. The Morgan fingerprint density at radius 1 is 1.15 bits per heavy atom. The van der Waals surface area contributed by atoms with Gasteiger partial charge in [0.15, 0.2) is 0 Å². The summed E-state index contributed by atoms with van der Waals surface area (Å²) in [7, 11) is 0. The van der Waals surface area contributed by atoms with Crippen molar-refractivity contribution in [3.63, 3.8) is 0 Å². The van der Waals surface area contributed by atoms with E-state index in [1.54, 1.807) is 0 Å². The minimum atomic E-state index is -0.525. The zero-order valence-corrected chi connectivity index (χ0v) is 15.6. The Labute approximate surface area is 154 Å². The van der Waals surface area contributed by atoms with Crippen LogP contribution < -0.4 is 11.1 Å². The predicted molar refractivity (Wildman–Crippen MR) is 105 cm³/mol. The molecule has 0 saturated heterocycles. The molecule has 1 atom stereocenters. The highest BCUT2D eigenvalue weighted by Crippen LogP contribution is 2.18. The van der Waals surface area contributed by atoms with E-state index in [0.717, 1.165) is 23.1 Å². The molecule has 136 valence electrons. The highest BCUT2D eigenvalue weighted by molar-refractivity contribution is 5.82. The maximum atomic E-state index is 12.2. The second-order valence-corrected chi connectivity index (χ2v) is 7.74. The van der Waals surface area contributed by atoms with Crippen molar-refractivity contribution >= 4 is 16.9 Å². The molecule has 5 heteroatoms. The van der Waals surface area contributed by atoms with Gasteiger partial charge in [-0.25, -0.2) is 4.98 Å². The van der Waals surface area contributed by atoms with Crippen LogP contribution in [0.5, 0.6) is 0 Å². The number of imidazole rings is 1. The van der Waals surface area contributed by atoms with E-state index in [1.807, 2.05) is 57.4 Å². The van der Waals surface area contributed by atoms with Crippen LogP contribution in [0.25, 0.3) is 11.0 Å². The molecule has 0 aliphatic rings. The molecule has 0 aliphatic carbocycles. The first-order valence-corrected chi connectivity index (χ1v) is 8.85. The molecule has 2 aromatic carbocycles. The second kappa shape index (κ2) is 7.30. The molecule has 26 heavy (non-hydrogen) atoms. The van der Waals surface area contributed by atoms with Crippen molar-refractivity contribution in [3.8, 4) is 0 Å². The second-order valence-electron chi connectivity index (χ2n) is 7.74. The molecule has 0 aliphatic heterocycles. The van der Waals surface area contributed by atoms with E-state index in [2.05, 4.69) is 33.1 Å². The van der Waals surface area contributed by atoms with Crippen LogP contribution in [0.15, 0.2) is 54.9 Å². The Morgan fingerprint density at radius 2 is 1.88 bits per heavy atom. The van der Waals surface area contributed by atoms with Gasteiger partial charge in [0.2, 0.25) is 5.91 Å². The molecule has 0 spiro atoms. The number of aromatic nitrogens is 2. The Hall–Kier alpha value is -2.66. The monoisotopic (exact) mass is 350 g/mol. The third kappa shape index (κ3) is 4.11. The van der Waals surface area contributed by atoms with Crippen molar-refractivity contribution in [2.24, 2.45) is 11.1 Å². The topological polar surface area (TPSA) is 72.9 Å². The van der Waals surface area contributed by atoms with Crippen molar-refractivity contribution in [2.75, 3.05) is 0 Å². The minimum absolute atomic E-state index is 0.122. The fraction of sp³-hybridized carbons (Fsp3) is 0.333. The Bertz CT molecular complexity index is 908. The van der Waals surface area contributed by atoms with E-state index in [9.17, 15) is 4.79 Å². The number of benzene rings is 2. The summed E-state index contributed by atoms with van der Waals surface area (Å²) in [5, 5.41) is 2.94. The largest absolute Gasteiger partial charge is 0.351 e. The SMILES string of the molecule is CC(C)(C)[C@H](N)C(=O)NCc1cccc(Cn2cnc3ccccc32)c1. The van der Waals surface area contributed by atoms with Crippen molar-refractivity contribution in [1.29, 1.82) is 0 Å². The van der Waals surface area contributed by atoms with Crippen molar-refractivity contribution in [2.45, 2.75) is 39.9 Å². The molecule has 3 N–H and O–H groups in total. The fourth-order valence-electron chi connectivity index (χ4n) is 2.86. The van der Waals surface area contributed by atoms with Crippen molar-refractivity contribution in [3.05, 3.63) is 66.0 Å². The minimum Gasteiger partial charge on any atom is -0.351 e. The molecule has 1 amide bonds. The normalized spacial score (nSPS) is 12.9. The number of carbonyl (C=O) groups is 1. The highest BCUT2D eigenvalue weighted by Gasteiger charge is 2.27. The number of hydrogen-bond donors (Lipinski definition) is 2. The van der Waals surface area contributed by atoms with Crippen molar-refractivity contribution in [1.82, 2.24) is 14.9 Å². The van der Waals surface area contributed by atoms with Gasteiger partial charge in [-0.1, -0.05) is 57.2 Å². The zero-order valence-electron chi connectivity index (χ0n) is 15.6. The number of nitrogens with two attached hydrogens (primary N) is 1. The summed E-state index contributed by atoms with van der Waals surface area (Å²) in [4.78, 5) is 16.6. The van der Waals surface area contributed by atoms with Gasteiger partial charge in [0.05, 0.1) is 23.4 Å². The Balaban J connectivity index is 1.68. The lowest BCUT2D eigenvalue weighted by atomic mass is 9.87. The summed E-state index contributed by atoms with van der Waals surface area (Å²) in [5.41, 5.74) is 10.1. The fourth-order valence-corrected chi connectivity index (χ4v) is 2.86. The predicted octanol–water partition coefficient (Wildman–Crippen LogP) is 3.07. The summed E-state index contributed by atoms with van der Waals surface area (Å²) in [6.45, 7) is 7.11. The van der Waals surface area contributed by atoms with Gasteiger partial charge in [-0.05, 0) is 28.7 Å². The first-order valence-electron chi connectivity index (χ1n) is 8.85.